The third-order valence-electron chi connectivity index (χ3n) is 4.59. The summed E-state index contributed by atoms with van der Waals surface area (Å²) in [6.45, 7) is 1.90. The van der Waals surface area contributed by atoms with Crippen LogP contribution >= 0.6 is 23.4 Å². The van der Waals surface area contributed by atoms with Crippen LogP contribution in [0.3, 0.4) is 0 Å². The van der Waals surface area contributed by atoms with Crippen LogP contribution in [0.5, 0.6) is 0 Å². The molecule has 0 aromatic heterocycles. The van der Waals surface area contributed by atoms with E-state index in [1.54, 1.807) is 36.4 Å². The highest BCUT2D eigenvalue weighted by molar-refractivity contribution is 8.13. The van der Waals surface area contributed by atoms with Gasteiger partial charge in [-0.1, -0.05) is 103 Å². The van der Waals surface area contributed by atoms with E-state index in [1.165, 1.54) is 0 Å². The fourth-order valence-corrected chi connectivity index (χ4v) is 3.95. The van der Waals surface area contributed by atoms with Gasteiger partial charge >= 0.3 is 0 Å². The molecule has 2 unspecified atom stereocenters. The molecule has 30 heavy (non-hydrogen) atoms. The molecule has 0 aliphatic rings. The first-order chi connectivity index (χ1) is 14.6. The lowest BCUT2D eigenvalue weighted by atomic mass is 9.82. The lowest BCUT2D eigenvalue weighted by molar-refractivity contribution is -0.113. The normalized spacial score (nSPS) is 12.3. The molecule has 150 valence electrons. The molecule has 0 N–H and O–H groups in total. The van der Waals surface area contributed by atoms with Crippen molar-refractivity contribution in [1.29, 1.82) is 0 Å². The van der Waals surface area contributed by atoms with Crippen molar-refractivity contribution in [3.63, 3.8) is 0 Å². The second-order valence-corrected chi connectivity index (χ2v) is 8.33. The smallest absolute Gasteiger partial charge is 0.201 e. The van der Waals surface area contributed by atoms with Gasteiger partial charge in [-0.15, -0.1) is 0 Å². The van der Waals surface area contributed by atoms with Crippen molar-refractivity contribution in [3.8, 4) is 11.8 Å². The van der Waals surface area contributed by atoms with Crippen molar-refractivity contribution in [1.82, 2.24) is 0 Å². The Balaban J connectivity index is 2.10. The number of hydrogen-bond donors (Lipinski definition) is 0. The highest BCUT2D eigenvalue weighted by Crippen LogP contribution is 2.32. The number of Topliss-reactive ketones (excluding diaryl/α,β-unsaturated/α-hetero) is 1. The van der Waals surface area contributed by atoms with Gasteiger partial charge in [-0.25, -0.2) is 0 Å². The molecule has 0 bridgehead atoms. The van der Waals surface area contributed by atoms with Crippen LogP contribution in [0, 0.1) is 17.8 Å². The Bertz CT molecular complexity index is 1050. The summed E-state index contributed by atoms with van der Waals surface area (Å²) >= 11 is 7.22. The summed E-state index contributed by atoms with van der Waals surface area (Å²) in [7, 11) is 0. The average molecular weight is 433 g/mol. The van der Waals surface area contributed by atoms with Crippen molar-refractivity contribution >= 4 is 34.3 Å². The van der Waals surface area contributed by atoms with Gasteiger partial charge in [-0.2, -0.15) is 0 Å². The summed E-state index contributed by atoms with van der Waals surface area (Å²) in [5, 5.41) is 0.419. The third-order valence-corrected chi connectivity index (χ3v) is 5.67. The van der Waals surface area contributed by atoms with Gasteiger partial charge in [0.2, 0.25) is 5.12 Å². The maximum Gasteiger partial charge on any atom is 0.201 e. The Labute approximate surface area is 186 Å². The molecular formula is C26H21ClO2S. The van der Waals surface area contributed by atoms with Gasteiger partial charge in [-0.3, -0.25) is 9.59 Å². The fourth-order valence-electron chi connectivity index (χ4n) is 3.12. The number of halogens is 1. The van der Waals surface area contributed by atoms with Crippen LogP contribution < -0.4 is 0 Å². The fraction of sp³-hybridized carbons (Fsp3) is 0.154. The lowest BCUT2D eigenvalue weighted by Crippen LogP contribution is -2.28. The predicted molar refractivity (Wildman–Crippen MR) is 125 cm³/mol. The molecule has 4 heteroatoms. The van der Waals surface area contributed by atoms with Crippen LogP contribution in [0.2, 0.25) is 5.02 Å². The van der Waals surface area contributed by atoms with Crippen LogP contribution in [0.1, 0.15) is 34.3 Å². The summed E-state index contributed by atoms with van der Waals surface area (Å²) < 4.78 is 0. The van der Waals surface area contributed by atoms with Gasteiger partial charge < -0.3 is 0 Å². The van der Waals surface area contributed by atoms with Gasteiger partial charge in [-0.05, 0) is 35.6 Å². The molecule has 0 aliphatic heterocycles. The van der Waals surface area contributed by atoms with Crippen molar-refractivity contribution in [2.24, 2.45) is 5.92 Å². The van der Waals surface area contributed by atoms with E-state index in [-0.39, 0.29) is 10.9 Å². The van der Waals surface area contributed by atoms with Gasteiger partial charge in [0.05, 0.1) is 5.92 Å². The number of rotatable bonds is 6. The first-order valence-electron chi connectivity index (χ1n) is 9.68. The Morgan fingerprint density at radius 3 is 2.10 bits per heavy atom. The van der Waals surface area contributed by atoms with E-state index >= 15 is 0 Å². The molecule has 2 nitrogen and oxygen atoms in total. The second kappa shape index (κ2) is 10.8. The quantitative estimate of drug-likeness (QED) is 0.262. The van der Waals surface area contributed by atoms with E-state index in [4.69, 9.17) is 11.6 Å². The molecule has 2 atom stereocenters. The number of ketones is 1. The van der Waals surface area contributed by atoms with Crippen molar-refractivity contribution in [2.45, 2.75) is 12.8 Å². The average Bonchev–Trinajstić information content (AvgIpc) is 2.78. The van der Waals surface area contributed by atoms with E-state index in [2.05, 4.69) is 11.8 Å². The lowest BCUT2D eigenvalue weighted by Gasteiger charge is -2.21. The zero-order valence-corrected chi connectivity index (χ0v) is 18.1. The molecule has 0 saturated carbocycles. The molecule has 3 aromatic carbocycles. The number of thioether (sulfide) groups is 1. The zero-order valence-electron chi connectivity index (χ0n) is 16.5. The minimum Gasteiger partial charge on any atom is -0.293 e. The second-order valence-electron chi connectivity index (χ2n) is 6.62. The number of carbonyl (C=O) groups is 2. The maximum absolute atomic E-state index is 13.4. The molecule has 3 rings (SSSR count). The van der Waals surface area contributed by atoms with Gasteiger partial charge in [0.15, 0.2) is 5.78 Å². The molecule has 0 amide bonds. The minimum absolute atomic E-state index is 0.173. The van der Waals surface area contributed by atoms with Crippen LogP contribution in [0.25, 0.3) is 0 Å². The third kappa shape index (κ3) is 5.63. The zero-order chi connectivity index (χ0) is 21.3. The molecule has 0 heterocycles. The molecule has 0 saturated heterocycles. The molecule has 3 aromatic rings. The van der Waals surface area contributed by atoms with Crippen LogP contribution in [0.4, 0.5) is 0 Å². The van der Waals surface area contributed by atoms with E-state index in [0.29, 0.717) is 16.3 Å². The van der Waals surface area contributed by atoms with Crippen molar-refractivity contribution in [3.05, 3.63) is 107 Å². The monoisotopic (exact) mass is 432 g/mol. The van der Waals surface area contributed by atoms with Gasteiger partial charge in [0.1, 0.15) is 5.92 Å². The summed E-state index contributed by atoms with van der Waals surface area (Å²) in [5.74, 6) is 5.24. The summed E-state index contributed by atoms with van der Waals surface area (Å²) in [4.78, 5) is 26.5. The molecule has 0 aliphatic carbocycles. The Morgan fingerprint density at radius 1 is 0.900 bits per heavy atom. The highest BCUT2D eigenvalue weighted by atomic mass is 35.5. The van der Waals surface area contributed by atoms with E-state index in [9.17, 15) is 9.59 Å². The van der Waals surface area contributed by atoms with Crippen LogP contribution in [-0.2, 0) is 4.79 Å². The largest absolute Gasteiger partial charge is 0.293 e. The van der Waals surface area contributed by atoms with Gasteiger partial charge in [0, 0.05) is 16.1 Å². The van der Waals surface area contributed by atoms with Crippen LogP contribution in [-0.4, -0.2) is 16.7 Å². The van der Waals surface area contributed by atoms with Crippen LogP contribution in [0.15, 0.2) is 84.9 Å². The Kier molecular flexibility index (Phi) is 7.90. The first kappa shape index (κ1) is 21.9. The maximum atomic E-state index is 13.4. The molecule has 0 spiro atoms. The first-order valence-corrected chi connectivity index (χ1v) is 11.0. The molecule has 0 fully saturated rings. The minimum atomic E-state index is -0.908. The van der Waals surface area contributed by atoms with Crippen molar-refractivity contribution in [2.75, 3.05) is 5.75 Å². The Morgan fingerprint density at radius 2 is 1.50 bits per heavy atom. The van der Waals surface area contributed by atoms with Crippen molar-refractivity contribution < 1.29 is 9.59 Å². The number of carbonyl (C=O) groups excluding carboxylic acids is 2. The molecular weight excluding hydrogens is 412 g/mol. The van der Waals surface area contributed by atoms with Gasteiger partial charge in [0.25, 0.3) is 0 Å². The van der Waals surface area contributed by atoms with E-state index in [0.717, 1.165) is 22.9 Å². The number of hydrogen-bond acceptors (Lipinski definition) is 3. The standard InChI is InChI=1S/C26H21ClO2S/c1-2-30-26(29)24(25(28)21-11-7-4-8-12-21)23(20-14-16-22(27)17-15-20)18-13-19-9-5-3-6-10-19/h3-12,14-17,23-24H,2H2,1H3. The highest BCUT2D eigenvalue weighted by Gasteiger charge is 2.35. The number of benzene rings is 3. The summed E-state index contributed by atoms with van der Waals surface area (Å²) in [6.07, 6.45) is 0. The summed E-state index contributed by atoms with van der Waals surface area (Å²) in [5.41, 5.74) is 2.13. The topological polar surface area (TPSA) is 34.1 Å². The van der Waals surface area contributed by atoms with E-state index in [1.807, 2.05) is 55.5 Å². The summed E-state index contributed by atoms with van der Waals surface area (Å²) in [6, 6.07) is 25.7. The van der Waals surface area contributed by atoms with E-state index < -0.39 is 11.8 Å². The predicted octanol–water partition coefficient (Wildman–Crippen LogP) is 6.25. The Hall–Kier alpha value is -2.80. The SMILES string of the molecule is CCSC(=O)C(C(=O)c1ccccc1)C(C#Cc1ccccc1)c1ccc(Cl)cc1. The molecule has 0 radical (unpaired) electrons.